The first kappa shape index (κ1) is 15.7. The number of nitrogens with zero attached hydrogens (tertiary/aromatic N) is 1. The summed E-state index contributed by atoms with van der Waals surface area (Å²) in [6, 6.07) is 8.63. The van der Waals surface area contributed by atoms with Gasteiger partial charge < -0.3 is 4.90 Å². The standard InChI is InChI=1S/C17H27NO/c1-5-6-7-12-18(15(4)19)13-16-8-10-17(11-9-16)14(2)3/h8-11,14H,5-7,12-13H2,1-4H3. The molecule has 0 aliphatic heterocycles. The molecule has 0 fully saturated rings. The molecule has 2 heteroatoms. The summed E-state index contributed by atoms with van der Waals surface area (Å²) in [5.74, 6) is 0.728. The van der Waals surface area contributed by atoms with Gasteiger partial charge in [-0.2, -0.15) is 0 Å². The quantitative estimate of drug-likeness (QED) is 0.668. The summed E-state index contributed by atoms with van der Waals surface area (Å²) in [5.41, 5.74) is 2.57. The maximum atomic E-state index is 11.6. The highest BCUT2D eigenvalue weighted by molar-refractivity contribution is 5.73. The van der Waals surface area contributed by atoms with Gasteiger partial charge in [0.2, 0.25) is 5.91 Å². The van der Waals surface area contributed by atoms with Crippen LogP contribution in [0.3, 0.4) is 0 Å². The zero-order valence-corrected chi connectivity index (χ0v) is 12.8. The van der Waals surface area contributed by atoms with Crippen molar-refractivity contribution < 1.29 is 4.79 Å². The van der Waals surface area contributed by atoms with Crippen LogP contribution in [-0.4, -0.2) is 17.4 Å². The number of carbonyl (C=O) groups is 1. The van der Waals surface area contributed by atoms with Gasteiger partial charge in [-0.3, -0.25) is 4.79 Å². The first-order valence-electron chi connectivity index (χ1n) is 7.39. The van der Waals surface area contributed by atoms with E-state index in [0.29, 0.717) is 5.92 Å². The second-order valence-corrected chi connectivity index (χ2v) is 5.54. The van der Waals surface area contributed by atoms with Crippen LogP contribution in [-0.2, 0) is 11.3 Å². The third kappa shape index (κ3) is 5.46. The molecule has 19 heavy (non-hydrogen) atoms. The number of hydrogen-bond acceptors (Lipinski definition) is 1. The normalized spacial score (nSPS) is 10.8. The molecule has 0 heterocycles. The van der Waals surface area contributed by atoms with Gasteiger partial charge in [0.25, 0.3) is 0 Å². The minimum absolute atomic E-state index is 0.170. The largest absolute Gasteiger partial charge is 0.339 e. The minimum atomic E-state index is 0.170. The van der Waals surface area contributed by atoms with E-state index >= 15 is 0 Å². The molecule has 0 atom stereocenters. The summed E-state index contributed by atoms with van der Waals surface area (Å²) in [6.07, 6.45) is 3.48. The van der Waals surface area contributed by atoms with Crippen LogP contribution in [0.1, 0.15) is 64.0 Å². The lowest BCUT2D eigenvalue weighted by Gasteiger charge is -2.21. The third-order valence-corrected chi connectivity index (χ3v) is 3.50. The van der Waals surface area contributed by atoms with E-state index < -0.39 is 0 Å². The average molecular weight is 261 g/mol. The second kappa shape index (κ2) is 7.98. The van der Waals surface area contributed by atoms with Crippen LogP contribution < -0.4 is 0 Å². The van der Waals surface area contributed by atoms with E-state index in [0.717, 1.165) is 19.5 Å². The Balaban J connectivity index is 2.60. The monoisotopic (exact) mass is 261 g/mol. The zero-order chi connectivity index (χ0) is 14.3. The molecule has 0 N–H and O–H groups in total. The minimum Gasteiger partial charge on any atom is -0.339 e. The van der Waals surface area contributed by atoms with Crippen molar-refractivity contribution in [2.24, 2.45) is 0 Å². The molecule has 0 radical (unpaired) electrons. The van der Waals surface area contributed by atoms with Crippen molar-refractivity contribution in [3.8, 4) is 0 Å². The number of rotatable bonds is 7. The first-order valence-corrected chi connectivity index (χ1v) is 7.39. The predicted molar refractivity (Wildman–Crippen MR) is 81.1 cm³/mol. The van der Waals surface area contributed by atoms with E-state index in [2.05, 4.69) is 45.0 Å². The molecule has 0 saturated heterocycles. The Kier molecular flexibility index (Phi) is 6.61. The highest BCUT2D eigenvalue weighted by atomic mass is 16.2. The van der Waals surface area contributed by atoms with Crippen LogP contribution in [0.4, 0.5) is 0 Å². The van der Waals surface area contributed by atoms with E-state index in [1.807, 2.05) is 4.90 Å². The summed E-state index contributed by atoms with van der Waals surface area (Å²) in [7, 11) is 0. The zero-order valence-electron chi connectivity index (χ0n) is 12.8. The Labute approximate surface area is 117 Å². The van der Waals surface area contributed by atoms with Crippen molar-refractivity contribution in [2.45, 2.75) is 59.4 Å². The fourth-order valence-corrected chi connectivity index (χ4v) is 2.13. The molecule has 0 saturated carbocycles. The lowest BCUT2D eigenvalue weighted by Crippen LogP contribution is -2.29. The summed E-state index contributed by atoms with van der Waals surface area (Å²) in [5, 5.41) is 0. The highest BCUT2D eigenvalue weighted by Gasteiger charge is 2.09. The molecule has 0 spiro atoms. The van der Waals surface area contributed by atoms with Crippen molar-refractivity contribution in [2.75, 3.05) is 6.54 Å². The van der Waals surface area contributed by atoms with Crippen molar-refractivity contribution in [3.05, 3.63) is 35.4 Å². The van der Waals surface area contributed by atoms with E-state index in [1.165, 1.54) is 24.0 Å². The Morgan fingerprint density at radius 1 is 1.16 bits per heavy atom. The van der Waals surface area contributed by atoms with Crippen molar-refractivity contribution in [1.29, 1.82) is 0 Å². The molecule has 0 aromatic heterocycles. The van der Waals surface area contributed by atoms with Gasteiger partial charge in [0.05, 0.1) is 0 Å². The van der Waals surface area contributed by atoms with Gasteiger partial charge in [0.1, 0.15) is 0 Å². The third-order valence-electron chi connectivity index (χ3n) is 3.50. The molecule has 0 bridgehead atoms. The van der Waals surface area contributed by atoms with Crippen molar-refractivity contribution >= 4 is 5.91 Å². The van der Waals surface area contributed by atoms with Gasteiger partial charge in [-0.05, 0) is 23.5 Å². The smallest absolute Gasteiger partial charge is 0.219 e. The van der Waals surface area contributed by atoms with Gasteiger partial charge in [0, 0.05) is 20.0 Å². The molecule has 106 valence electrons. The van der Waals surface area contributed by atoms with Crippen LogP contribution in [0.5, 0.6) is 0 Å². The molecule has 1 amide bonds. The lowest BCUT2D eigenvalue weighted by molar-refractivity contribution is -0.129. The van der Waals surface area contributed by atoms with E-state index in [1.54, 1.807) is 6.92 Å². The Hall–Kier alpha value is -1.31. The van der Waals surface area contributed by atoms with E-state index in [4.69, 9.17) is 0 Å². The Bertz CT molecular complexity index is 381. The molecule has 1 rings (SSSR count). The molecule has 2 nitrogen and oxygen atoms in total. The van der Waals surface area contributed by atoms with Crippen LogP contribution in [0.2, 0.25) is 0 Å². The maximum Gasteiger partial charge on any atom is 0.219 e. The maximum absolute atomic E-state index is 11.6. The fraction of sp³-hybridized carbons (Fsp3) is 0.588. The molecular weight excluding hydrogens is 234 g/mol. The van der Waals surface area contributed by atoms with E-state index in [9.17, 15) is 4.79 Å². The van der Waals surface area contributed by atoms with Crippen molar-refractivity contribution in [1.82, 2.24) is 4.90 Å². The van der Waals surface area contributed by atoms with Gasteiger partial charge in [-0.15, -0.1) is 0 Å². The number of hydrogen-bond donors (Lipinski definition) is 0. The summed E-state index contributed by atoms with van der Waals surface area (Å²) < 4.78 is 0. The molecule has 1 aromatic rings. The summed E-state index contributed by atoms with van der Waals surface area (Å²) in [4.78, 5) is 13.6. The summed E-state index contributed by atoms with van der Waals surface area (Å²) in [6.45, 7) is 9.84. The van der Waals surface area contributed by atoms with Crippen LogP contribution >= 0.6 is 0 Å². The van der Waals surface area contributed by atoms with Gasteiger partial charge in [-0.25, -0.2) is 0 Å². The molecule has 0 aliphatic rings. The topological polar surface area (TPSA) is 20.3 Å². The van der Waals surface area contributed by atoms with E-state index in [-0.39, 0.29) is 5.91 Å². The second-order valence-electron chi connectivity index (χ2n) is 5.54. The first-order chi connectivity index (χ1) is 9.04. The number of benzene rings is 1. The fourth-order valence-electron chi connectivity index (χ4n) is 2.13. The SMILES string of the molecule is CCCCCN(Cc1ccc(C(C)C)cc1)C(C)=O. The van der Waals surface area contributed by atoms with Gasteiger partial charge in [0.15, 0.2) is 0 Å². The highest BCUT2D eigenvalue weighted by Crippen LogP contribution is 2.16. The predicted octanol–water partition coefficient (Wildman–Crippen LogP) is 4.35. The molecule has 1 aromatic carbocycles. The molecule has 0 unspecified atom stereocenters. The molecule has 0 aliphatic carbocycles. The van der Waals surface area contributed by atoms with Crippen molar-refractivity contribution in [3.63, 3.8) is 0 Å². The number of carbonyl (C=O) groups excluding carboxylic acids is 1. The Morgan fingerprint density at radius 3 is 2.26 bits per heavy atom. The number of unbranched alkanes of at least 4 members (excludes halogenated alkanes) is 2. The Morgan fingerprint density at radius 2 is 1.79 bits per heavy atom. The van der Waals surface area contributed by atoms with Crippen LogP contribution in [0, 0.1) is 0 Å². The van der Waals surface area contributed by atoms with Crippen LogP contribution in [0.25, 0.3) is 0 Å². The summed E-state index contributed by atoms with van der Waals surface area (Å²) >= 11 is 0. The lowest BCUT2D eigenvalue weighted by atomic mass is 10.0. The number of amides is 1. The van der Waals surface area contributed by atoms with Crippen LogP contribution in [0.15, 0.2) is 24.3 Å². The van der Waals surface area contributed by atoms with Gasteiger partial charge in [-0.1, -0.05) is 57.9 Å². The molecular formula is C17H27NO. The average Bonchev–Trinajstić information content (AvgIpc) is 2.38. The van der Waals surface area contributed by atoms with Gasteiger partial charge >= 0.3 is 0 Å².